The topological polar surface area (TPSA) is 34.5 Å². The van der Waals surface area contributed by atoms with Gasteiger partial charge in [0.2, 0.25) is 0 Å². The highest BCUT2D eigenvalue weighted by Crippen LogP contribution is 2.32. The molecule has 0 saturated heterocycles. The molecule has 1 amide bonds. The zero-order valence-corrected chi connectivity index (χ0v) is 19.7. The van der Waals surface area contributed by atoms with Gasteiger partial charge in [0.25, 0.3) is 0 Å². The van der Waals surface area contributed by atoms with Gasteiger partial charge in [0.15, 0.2) is 0 Å². The summed E-state index contributed by atoms with van der Waals surface area (Å²) in [6.07, 6.45) is 16.3. The Bertz CT molecular complexity index is 833. The number of unbranched alkanes of at least 4 members (excludes halogenated alkanes) is 7. The van der Waals surface area contributed by atoms with Crippen LogP contribution in [0.2, 0.25) is 0 Å². The fraction of sp³-hybridized carbons (Fsp3) is 0.577. The molecule has 1 aromatic heterocycles. The lowest BCUT2D eigenvalue weighted by atomic mass is 10.0. The molecule has 1 heterocycles. The molecule has 0 radical (unpaired) electrons. The number of benzene rings is 1. The van der Waals surface area contributed by atoms with Crippen LogP contribution in [0.5, 0.6) is 5.75 Å². The van der Waals surface area contributed by atoms with Gasteiger partial charge in [-0.2, -0.15) is 0 Å². The van der Waals surface area contributed by atoms with Crippen LogP contribution in [-0.4, -0.2) is 36.7 Å². The molecule has 0 aliphatic heterocycles. The first-order valence-electron chi connectivity index (χ1n) is 11.6. The second-order valence-corrected chi connectivity index (χ2v) is 8.32. The highest BCUT2D eigenvalue weighted by molar-refractivity contribution is 5.98. The maximum Gasteiger partial charge on any atom is 0.328 e. The highest BCUT2D eigenvalue weighted by atomic mass is 16.5. The standard InChI is InChI=1S/C26H40N2O2/c1-6-8-10-12-13-15-17-24-22(16-14-11-9-7-2)23-20-21(30-5)18-19-25(23)28(24)26(29)27(3)4/h15,17-20H,6-14,16H2,1-5H3/b17-15+. The number of amides is 1. The Morgan fingerprint density at radius 3 is 2.37 bits per heavy atom. The van der Waals surface area contributed by atoms with E-state index >= 15 is 0 Å². The lowest BCUT2D eigenvalue weighted by Crippen LogP contribution is -2.28. The molecule has 0 saturated carbocycles. The normalized spacial score (nSPS) is 11.5. The number of ether oxygens (including phenoxy) is 1. The van der Waals surface area contributed by atoms with Crippen LogP contribution < -0.4 is 4.74 Å². The smallest absolute Gasteiger partial charge is 0.328 e. The van der Waals surface area contributed by atoms with Gasteiger partial charge in [-0.3, -0.25) is 4.57 Å². The molecule has 2 aromatic rings. The predicted octanol–water partition coefficient (Wildman–Crippen LogP) is 7.29. The summed E-state index contributed by atoms with van der Waals surface area (Å²) in [6, 6.07) is 6.04. The van der Waals surface area contributed by atoms with Crippen LogP contribution in [0, 0.1) is 0 Å². The van der Waals surface area contributed by atoms with Crippen molar-refractivity contribution >= 4 is 23.0 Å². The Hall–Kier alpha value is -2.23. The third-order valence-corrected chi connectivity index (χ3v) is 5.67. The van der Waals surface area contributed by atoms with E-state index in [1.54, 1.807) is 12.0 Å². The minimum absolute atomic E-state index is 0.00407. The number of methoxy groups -OCH3 is 1. The average molecular weight is 413 g/mol. The first-order chi connectivity index (χ1) is 14.5. The molecule has 4 nitrogen and oxygen atoms in total. The van der Waals surface area contributed by atoms with Crippen molar-refractivity contribution in [2.75, 3.05) is 21.2 Å². The van der Waals surface area contributed by atoms with Crippen molar-refractivity contribution in [3.8, 4) is 5.75 Å². The zero-order valence-electron chi connectivity index (χ0n) is 19.7. The number of carbonyl (C=O) groups excluding carboxylic acids is 1. The third kappa shape index (κ3) is 6.13. The Balaban J connectivity index is 2.48. The first-order valence-corrected chi connectivity index (χ1v) is 11.6. The molecule has 0 spiro atoms. The molecule has 30 heavy (non-hydrogen) atoms. The minimum Gasteiger partial charge on any atom is -0.497 e. The maximum absolute atomic E-state index is 13.1. The molecule has 0 N–H and O–H groups in total. The van der Waals surface area contributed by atoms with Crippen molar-refractivity contribution in [1.82, 2.24) is 9.47 Å². The van der Waals surface area contributed by atoms with Crippen LogP contribution in [0.4, 0.5) is 4.79 Å². The third-order valence-electron chi connectivity index (χ3n) is 5.67. The van der Waals surface area contributed by atoms with Crippen molar-refractivity contribution < 1.29 is 9.53 Å². The molecular formula is C26H40N2O2. The number of rotatable bonds is 12. The number of allylic oxidation sites excluding steroid dienone is 1. The summed E-state index contributed by atoms with van der Waals surface area (Å²) in [5.74, 6) is 0.835. The number of carbonyl (C=O) groups is 1. The van der Waals surface area contributed by atoms with Gasteiger partial charge in [0.05, 0.1) is 18.3 Å². The van der Waals surface area contributed by atoms with Crippen LogP contribution >= 0.6 is 0 Å². The second-order valence-electron chi connectivity index (χ2n) is 8.32. The molecule has 1 aromatic carbocycles. The van der Waals surface area contributed by atoms with Gasteiger partial charge >= 0.3 is 6.03 Å². The second kappa shape index (κ2) is 12.5. The van der Waals surface area contributed by atoms with E-state index < -0.39 is 0 Å². The van der Waals surface area contributed by atoms with Crippen molar-refractivity contribution in [2.24, 2.45) is 0 Å². The van der Waals surface area contributed by atoms with Gasteiger partial charge in [-0.15, -0.1) is 0 Å². The molecule has 0 bridgehead atoms. The average Bonchev–Trinajstić information content (AvgIpc) is 3.05. The van der Waals surface area contributed by atoms with Gasteiger partial charge in [-0.05, 0) is 55.5 Å². The van der Waals surface area contributed by atoms with E-state index in [4.69, 9.17) is 4.74 Å². The molecule has 0 aliphatic rings. The molecule has 4 heteroatoms. The summed E-state index contributed by atoms with van der Waals surface area (Å²) in [5.41, 5.74) is 3.26. The zero-order chi connectivity index (χ0) is 21.9. The summed E-state index contributed by atoms with van der Waals surface area (Å²) in [4.78, 5) is 14.8. The number of aryl methyl sites for hydroxylation is 1. The number of nitrogens with zero attached hydrogens (tertiary/aromatic N) is 2. The summed E-state index contributed by atoms with van der Waals surface area (Å²) >= 11 is 0. The highest BCUT2D eigenvalue weighted by Gasteiger charge is 2.21. The summed E-state index contributed by atoms with van der Waals surface area (Å²) < 4.78 is 7.37. The van der Waals surface area contributed by atoms with E-state index in [2.05, 4.69) is 32.1 Å². The van der Waals surface area contributed by atoms with Crippen LogP contribution in [-0.2, 0) is 6.42 Å². The molecule has 0 aliphatic carbocycles. The van der Waals surface area contributed by atoms with E-state index in [0.29, 0.717) is 0 Å². The summed E-state index contributed by atoms with van der Waals surface area (Å²) in [6.45, 7) is 4.47. The van der Waals surface area contributed by atoms with Gasteiger partial charge in [0.1, 0.15) is 5.75 Å². The van der Waals surface area contributed by atoms with E-state index in [1.165, 1.54) is 50.5 Å². The van der Waals surface area contributed by atoms with E-state index in [1.807, 2.05) is 30.8 Å². The summed E-state index contributed by atoms with van der Waals surface area (Å²) in [7, 11) is 5.33. The van der Waals surface area contributed by atoms with Gasteiger partial charge in [0, 0.05) is 19.5 Å². The lowest BCUT2D eigenvalue weighted by Gasteiger charge is -2.14. The maximum atomic E-state index is 13.1. The van der Waals surface area contributed by atoms with E-state index in [-0.39, 0.29) is 6.03 Å². The molecule has 166 valence electrons. The van der Waals surface area contributed by atoms with Gasteiger partial charge in [-0.25, -0.2) is 4.79 Å². The van der Waals surface area contributed by atoms with Crippen LogP contribution in [0.1, 0.15) is 82.9 Å². The van der Waals surface area contributed by atoms with Crippen LogP contribution in [0.15, 0.2) is 24.3 Å². The molecule has 0 atom stereocenters. The van der Waals surface area contributed by atoms with Gasteiger partial charge in [-0.1, -0.05) is 58.4 Å². The summed E-state index contributed by atoms with van der Waals surface area (Å²) in [5, 5.41) is 1.13. The largest absolute Gasteiger partial charge is 0.497 e. The number of aromatic nitrogens is 1. The molecule has 0 fully saturated rings. The Kier molecular flexibility index (Phi) is 9.99. The Morgan fingerprint density at radius 1 is 1.03 bits per heavy atom. The fourth-order valence-corrected chi connectivity index (χ4v) is 3.94. The monoisotopic (exact) mass is 412 g/mol. The fourth-order valence-electron chi connectivity index (χ4n) is 3.94. The van der Waals surface area contributed by atoms with Crippen molar-refractivity contribution in [3.05, 3.63) is 35.5 Å². The van der Waals surface area contributed by atoms with Crippen LogP contribution in [0.25, 0.3) is 17.0 Å². The lowest BCUT2D eigenvalue weighted by molar-refractivity contribution is 0.220. The molecule has 2 rings (SSSR count). The van der Waals surface area contributed by atoms with Crippen LogP contribution in [0.3, 0.4) is 0 Å². The first kappa shape index (κ1) is 24.0. The molecular weight excluding hydrogens is 372 g/mol. The Morgan fingerprint density at radius 2 is 1.73 bits per heavy atom. The number of hydrogen-bond donors (Lipinski definition) is 0. The number of hydrogen-bond acceptors (Lipinski definition) is 2. The van der Waals surface area contributed by atoms with Crippen molar-refractivity contribution in [2.45, 2.75) is 78.1 Å². The van der Waals surface area contributed by atoms with Crippen molar-refractivity contribution in [1.29, 1.82) is 0 Å². The quantitative estimate of drug-likeness (QED) is 0.343. The van der Waals surface area contributed by atoms with E-state index in [9.17, 15) is 4.79 Å². The Labute approximate surface area is 182 Å². The number of fused-ring (bicyclic) bond motifs is 1. The van der Waals surface area contributed by atoms with Crippen molar-refractivity contribution in [3.63, 3.8) is 0 Å². The SMILES string of the molecule is CCCCCC/C=C/c1c(CCCCCC)c2cc(OC)ccc2n1C(=O)N(C)C. The predicted molar refractivity (Wildman–Crippen MR) is 129 cm³/mol. The minimum atomic E-state index is -0.00407. The van der Waals surface area contributed by atoms with E-state index in [0.717, 1.165) is 41.6 Å². The van der Waals surface area contributed by atoms with Gasteiger partial charge < -0.3 is 9.64 Å². The molecule has 0 unspecified atom stereocenters.